The van der Waals surface area contributed by atoms with E-state index in [0.717, 1.165) is 11.3 Å². The molecule has 0 atom stereocenters. The van der Waals surface area contributed by atoms with E-state index in [9.17, 15) is 22.4 Å². The zero-order valence-corrected chi connectivity index (χ0v) is 11.7. The molecule has 3 nitrogen and oxygen atoms in total. The minimum atomic E-state index is -4.50. The first-order chi connectivity index (χ1) is 9.83. The van der Waals surface area contributed by atoms with Crippen LogP contribution in [-0.2, 0) is 11.3 Å². The molecular weight excluding hydrogens is 310 g/mol. The lowest BCUT2D eigenvalue weighted by Gasteiger charge is -2.08. The van der Waals surface area contributed by atoms with Crippen LogP contribution in [0.5, 0.6) is 0 Å². The Morgan fingerprint density at radius 2 is 2.10 bits per heavy atom. The predicted octanol–water partition coefficient (Wildman–Crippen LogP) is 3.48. The van der Waals surface area contributed by atoms with Crippen molar-refractivity contribution in [2.45, 2.75) is 12.8 Å². The highest BCUT2D eigenvalue weighted by Crippen LogP contribution is 2.33. The van der Waals surface area contributed by atoms with Crippen molar-refractivity contribution >= 4 is 27.3 Å². The molecule has 1 amide bonds. The molecule has 0 spiro atoms. The summed E-state index contributed by atoms with van der Waals surface area (Å²) < 4.78 is 55.7. The van der Waals surface area contributed by atoms with Gasteiger partial charge >= 0.3 is 6.18 Å². The first-order valence-electron chi connectivity index (χ1n) is 5.87. The molecule has 0 aliphatic rings. The third-order valence-electron chi connectivity index (χ3n) is 2.71. The maximum atomic E-state index is 13.9. The number of thiophene rings is 1. The topological polar surface area (TPSA) is 38.3 Å². The van der Waals surface area contributed by atoms with E-state index in [0.29, 0.717) is 4.70 Å². The molecule has 8 heteroatoms. The van der Waals surface area contributed by atoms with E-state index in [4.69, 9.17) is 4.74 Å². The molecule has 0 saturated heterocycles. The van der Waals surface area contributed by atoms with Crippen LogP contribution in [0.1, 0.15) is 15.2 Å². The molecule has 21 heavy (non-hydrogen) atoms. The fourth-order valence-corrected chi connectivity index (χ4v) is 3.03. The molecule has 0 radical (unpaired) electrons. The quantitative estimate of drug-likeness (QED) is 0.876. The summed E-state index contributed by atoms with van der Waals surface area (Å²) in [5, 5.41) is 2.00. The van der Waals surface area contributed by atoms with Crippen molar-refractivity contribution < 1.29 is 27.1 Å². The van der Waals surface area contributed by atoms with Crippen molar-refractivity contribution in [1.82, 2.24) is 5.32 Å². The second-order valence-corrected chi connectivity index (χ2v) is 5.31. The molecule has 0 aliphatic carbocycles. The lowest BCUT2D eigenvalue weighted by atomic mass is 10.1. The van der Waals surface area contributed by atoms with Crippen LogP contribution < -0.4 is 5.32 Å². The van der Waals surface area contributed by atoms with Gasteiger partial charge in [0.25, 0.3) is 5.91 Å². The van der Waals surface area contributed by atoms with Crippen LogP contribution in [0.2, 0.25) is 0 Å². The van der Waals surface area contributed by atoms with Crippen molar-refractivity contribution in [2.75, 3.05) is 13.7 Å². The highest BCUT2D eigenvalue weighted by atomic mass is 32.1. The second kappa shape index (κ2) is 5.98. The van der Waals surface area contributed by atoms with Crippen molar-refractivity contribution in [1.29, 1.82) is 0 Å². The Hall–Kier alpha value is -1.67. The predicted molar refractivity (Wildman–Crippen MR) is 70.9 cm³/mol. The molecule has 0 bridgehead atoms. The van der Waals surface area contributed by atoms with Crippen LogP contribution in [0.4, 0.5) is 17.6 Å². The molecule has 114 valence electrons. The number of amides is 1. The van der Waals surface area contributed by atoms with Gasteiger partial charge in [0, 0.05) is 22.8 Å². The summed E-state index contributed by atoms with van der Waals surface area (Å²) in [5.74, 6) is -1.43. The summed E-state index contributed by atoms with van der Waals surface area (Å²) in [5.41, 5.74) is 0.260. The third kappa shape index (κ3) is 3.51. The second-order valence-electron chi connectivity index (χ2n) is 4.25. The van der Waals surface area contributed by atoms with E-state index in [1.165, 1.54) is 19.2 Å². The molecule has 2 rings (SSSR count). The SMILES string of the molecule is COCc1c(C(=O)NCC(F)(F)F)sc2cccc(F)c12. The smallest absolute Gasteiger partial charge is 0.380 e. The van der Waals surface area contributed by atoms with Gasteiger partial charge in [0.05, 0.1) is 11.5 Å². The number of alkyl halides is 3. The van der Waals surface area contributed by atoms with Crippen LogP contribution in [0.15, 0.2) is 18.2 Å². The third-order valence-corrected chi connectivity index (χ3v) is 3.90. The number of fused-ring (bicyclic) bond motifs is 1. The number of rotatable bonds is 4. The van der Waals surface area contributed by atoms with Crippen LogP contribution in [0.3, 0.4) is 0 Å². The summed E-state index contributed by atoms with van der Waals surface area (Å²) in [4.78, 5) is 11.9. The molecule has 0 fully saturated rings. The number of halogens is 4. The van der Waals surface area contributed by atoms with Gasteiger partial charge in [0.2, 0.25) is 0 Å². The van der Waals surface area contributed by atoms with E-state index < -0.39 is 24.4 Å². The number of hydrogen-bond acceptors (Lipinski definition) is 3. The van der Waals surface area contributed by atoms with Gasteiger partial charge in [0.1, 0.15) is 12.4 Å². The van der Waals surface area contributed by atoms with Gasteiger partial charge in [-0.25, -0.2) is 4.39 Å². The first-order valence-corrected chi connectivity index (χ1v) is 6.69. The van der Waals surface area contributed by atoms with E-state index in [-0.39, 0.29) is 22.4 Å². The van der Waals surface area contributed by atoms with E-state index >= 15 is 0 Å². The largest absolute Gasteiger partial charge is 0.405 e. The minimum absolute atomic E-state index is 0.0289. The molecule has 1 heterocycles. The number of carbonyl (C=O) groups excluding carboxylic acids is 1. The van der Waals surface area contributed by atoms with E-state index in [1.807, 2.05) is 0 Å². The van der Waals surface area contributed by atoms with Crippen LogP contribution >= 0.6 is 11.3 Å². The van der Waals surface area contributed by atoms with Gasteiger partial charge in [-0.1, -0.05) is 6.07 Å². The van der Waals surface area contributed by atoms with Gasteiger partial charge in [-0.15, -0.1) is 11.3 Å². The monoisotopic (exact) mass is 321 g/mol. The van der Waals surface area contributed by atoms with Crippen LogP contribution in [0.25, 0.3) is 10.1 Å². The lowest BCUT2D eigenvalue weighted by Crippen LogP contribution is -2.33. The summed E-state index contributed by atoms with van der Waals surface area (Å²) in [6.07, 6.45) is -4.50. The summed E-state index contributed by atoms with van der Waals surface area (Å²) in [7, 11) is 1.36. The zero-order valence-electron chi connectivity index (χ0n) is 10.9. The number of nitrogens with one attached hydrogen (secondary N) is 1. The van der Waals surface area contributed by atoms with Gasteiger partial charge in [-0.05, 0) is 12.1 Å². The number of ether oxygens (including phenoxy) is 1. The average molecular weight is 321 g/mol. The Labute approximate surface area is 121 Å². The Morgan fingerprint density at radius 3 is 2.71 bits per heavy atom. The molecule has 0 unspecified atom stereocenters. The Balaban J connectivity index is 2.41. The van der Waals surface area contributed by atoms with Gasteiger partial charge in [-0.3, -0.25) is 4.79 Å². The van der Waals surface area contributed by atoms with Crippen LogP contribution in [-0.4, -0.2) is 25.7 Å². The van der Waals surface area contributed by atoms with Gasteiger partial charge in [-0.2, -0.15) is 13.2 Å². The number of methoxy groups -OCH3 is 1. The molecular formula is C13H11F4NO2S. The van der Waals surface area contributed by atoms with Gasteiger partial charge < -0.3 is 10.1 Å². The van der Waals surface area contributed by atoms with Crippen LogP contribution in [0, 0.1) is 5.82 Å². The maximum Gasteiger partial charge on any atom is 0.405 e. The highest BCUT2D eigenvalue weighted by Gasteiger charge is 2.29. The lowest BCUT2D eigenvalue weighted by molar-refractivity contribution is -0.123. The van der Waals surface area contributed by atoms with E-state index in [1.54, 1.807) is 11.4 Å². The van der Waals surface area contributed by atoms with Crippen molar-refractivity contribution in [3.8, 4) is 0 Å². The number of carbonyl (C=O) groups is 1. The standard InChI is InChI=1S/C13H11F4NO2S/c1-20-5-7-10-8(14)3-2-4-9(10)21-11(7)12(19)18-6-13(15,16)17/h2-4H,5-6H2,1H3,(H,18,19). The maximum absolute atomic E-state index is 13.9. The Bertz CT molecular complexity index is 666. The Morgan fingerprint density at radius 1 is 1.38 bits per heavy atom. The van der Waals surface area contributed by atoms with Crippen molar-refractivity contribution in [3.05, 3.63) is 34.5 Å². The summed E-state index contributed by atoms with van der Waals surface area (Å²) >= 11 is 0.937. The average Bonchev–Trinajstić information content (AvgIpc) is 2.76. The normalized spacial score (nSPS) is 11.9. The molecule has 1 aromatic carbocycles. The summed E-state index contributed by atoms with van der Waals surface area (Å²) in [6, 6.07) is 4.30. The first kappa shape index (κ1) is 15.7. The minimum Gasteiger partial charge on any atom is -0.380 e. The zero-order chi connectivity index (χ0) is 15.6. The Kier molecular flexibility index (Phi) is 4.48. The molecule has 0 aliphatic heterocycles. The van der Waals surface area contributed by atoms with Crippen molar-refractivity contribution in [2.24, 2.45) is 0 Å². The molecule has 2 aromatic rings. The highest BCUT2D eigenvalue weighted by molar-refractivity contribution is 7.21. The summed E-state index contributed by atoms with van der Waals surface area (Å²) in [6.45, 7) is -1.50. The fraction of sp³-hybridized carbons (Fsp3) is 0.308. The number of hydrogen-bond donors (Lipinski definition) is 1. The van der Waals surface area contributed by atoms with Crippen molar-refractivity contribution in [3.63, 3.8) is 0 Å². The molecule has 1 N–H and O–H groups in total. The van der Waals surface area contributed by atoms with E-state index in [2.05, 4.69) is 0 Å². The van der Waals surface area contributed by atoms with Gasteiger partial charge in [0.15, 0.2) is 0 Å². The number of benzene rings is 1. The molecule has 1 aromatic heterocycles. The fourth-order valence-electron chi connectivity index (χ4n) is 1.89. The molecule has 0 saturated carbocycles.